The topological polar surface area (TPSA) is 76.7 Å². The number of benzene rings is 2. The molecule has 144 valence electrons. The van der Waals surface area contributed by atoms with Crippen LogP contribution in [0.4, 0.5) is 0 Å². The minimum atomic E-state index is -0.550. The first-order chi connectivity index (χ1) is 13.0. The first-order valence-electron chi connectivity index (χ1n) is 8.32. The maximum Gasteiger partial charge on any atom is 0.269 e. The highest BCUT2D eigenvalue weighted by molar-refractivity contribution is 6.32. The molecule has 0 aliphatic rings. The Labute approximate surface area is 167 Å². The van der Waals surface area contributed by atoms with E-state index in [4.69, 9.17) is 32.7 Å². The number of nitrogens with one attached hydrogen (secondary N) is 2. The molecule has 0 radical (unpaired) electrons. The molecule has 0 atom stereocenters. The van der Waals surface area contributed by atoms with Crippen LogP contribution in [0, 0.1) is 0 Å². The minimum absolute atomic E-state index is 0.214. The number of unbranched alkanes of at least 4 members (excludes halogenated alkanes) is 1. The van der Waals surface area contributed by atoms with E-state index in [-0.39, 0.29) is 10.6 Å². The second-order valence-corrected chi connectivity index (χ2v) is 6.45. The summed E-state index contributed by atoms with van der Waals surface area (Å²) < 4.78 is 10.9. The Kier molecular flexibility index (Phi) is 7.76. The summed E-state index contributed by atoms with van der Waals surface area (Å²) in [6, 6.07) is 9.30. The molecule has 2 rings (SSSR count). The van der Waals surface area contributed by atoms with Crippen molar-refractivity contribution in [1.29, 1.82) is 0 Å². The Hall–Kier alpha value is -2.44. The zero-order valence-electron chi connectivity index (χ0n) is 15.0. The van der Waals surface area contributed by atoms with Gasteiger partial charge < -0.3 is 9.47 Å². The Morgan fingerprint density at radius 1 is 1.04 bits per heavy atom. The van der Waals surface area contributed by atoms with Gasteiger partial charge in [-0.25, -0.2) is 0 Å². The molecule has 2 amide bonds. The van der Waals surface area contributed by atoms with Gasteiger partial charge in [0.25, 0.3) is 11.8 Å². The molecule has 0 heterocycles. The number of hydrogen-bond acceptors (Lipinski definition) is 4. The van der Waals surface area contributed by atoms with Gasteiger partial charge in [-0.1, -0.05) is 42.6 Å². The van der Waals surface area contributed by atoms with Crippen LogP contribution in [-0.4, -0.2) is 25.5 Å². The fraction of sp³-hybridized carbons (Fsp3) is 0.263. The monoisotopic (exact) mass is 410 g/mol. The van der Waals surface area contributed by atoms with E-state index in [1.54, 1.807) is 18.2 Å². The van der Waals surface area contributed by atoms with Gasteiger partial charge in [-0.05, 0) is 36.8 Å². The van der Waals surface area contributed by atoms with Crippen molar-refractivity contribution in [3.63, 3.8) is 0 Å². The number of hydrazine groups is 1. The van der Waals surface area contributed by atoms with Gasteiger partial charge in [0.05, 0.1) is 18.7 Å². The van der Waals surface area contributed by atoms with Crippen LogP contribution in [0.5, 0.6) is 11.5 Å². The van der Waals surface area contributed by atoms with Crippen molar-refractivity contribution in [2.45, 2.75) is 19.8 Å². The van der Waals surface area contributed by atoms with Crippen molar-refractivity contribution in [2.75, 3.05) is 13.7 Å². The molecule has 0 aliphatic heterocycles. The molecule has 0 aromatic heterocycles. The number of amides is 2. The van der Waals surface area contributed by atoms with Crippen molar-refractivity contribution >= 4 is 35.0 Å². The van der Waals surface area contributed by atoms with Crippen LogP contribution in [0.3, 0.4) is 0 Å². The third-order valence-electron chi connectivity index (χ3n) is 3.61. The molecule has 6 nitrogen and oxygen atoms in total. The van der Waals surface area contributed by atoms with Gasteiger partial charge in [0.2, 0.25) is 0 Å². The lowest BCUT2D eigenvalue weighted by Gasteiger charge is -2.14. The van der Waals surface area contributed by atoms with Crippen LogP contribution in [0.15, 0.2) is 36.4 Å². The Morgan fingerprint density at radius 3 is 2.37 bits per heavy atom. The van der Waals surface area contributed by atoms with E-state index in [1.807, 2.05) is 6.92 Å². The quantitative estimate of drug-likeness (QED) is 0.528. The van der Waals surface area contributed by atoms with Gasteiger partial charge in [-0.3, -0.25) is 20.4 Å². The second-order valence-electron chi connectivity index (χ2n) is 5.61. The zero-order chi connectivity index (χ0) is 19.8. The van der Waals surface area contributed by atoms with Crippen molar-refractivity contribution in [3.05, 3.63) is 57.6 Å². The summed E-state index contributed by atoms with van der Waals surface area (Å²) in [4.78, 5) is 24.4. The summed E-state index contributed by atoms with van der Waals surface area (Å²) >= 11 is 12.1. The van der Waals surface area contributed by atoms with Crippen LogP contribution in [0.25, 0.3) is 0 Å². The van der Waals surface area contributed by atoms with Crippen LogP contribution >= 0.6 is 23.2 Å². The number of hydrogen-bond donors (Lipinski definition) is 2. The molecule has 0 fully saturated rings. The Morgan fingerprint density at radius 2 is 1.74 bits per heavy atom. The Balaban J connectivity index is 2.07. The normalized spacial score (nSPS) is 10.2. The van der Waals surface area contributed by atoms with E-state index >= 15 is 0 Å². The lowest BCUT2D eigenvalue weighted by Crippen LogP contribution is -2.41. The van der Waals surface area contributed by atoms with Crippen LogP contribution in [0.1, 0.15) is 40.5 Å². The van der Waals surface area contributed by atoms with Crippen molar-refractivity contribution in [1.82, 2.24) is 10.9 Å². The summed E-state index contributed by atoms with van der Waals surface area (Å²) in [5, 5.41) is 0.668. The predicted molar refractivity (Wildman–Crippen MR) is 105 cm³/mol. The number of methoxy groups -OCH3 is 1. The maximum atomic E-state index is 12.3. The molecule has 0 unspecified atom stereocenters. The molecule has 0 spiro atoms. The molecule has 0 aliphatic carbocycles. The predicted octanol–water partition coefficient (Wildman–Crippen LogP) is 4.26. The zero-order valence-corrected chi connectivity index (χ0v) is 16.5. The van der Waals surface area contributed by atoms with E-state index in [2.05, 4.69) is 10.9 Å². The highest BCUT2D eigenvalue weighted by Gasteiger charge is 2.16. The van der Waals surface area contributed by atoms with E-state index in [0.717, 1.165) is 12.8 Å². The summed E-state index contributed by atoms with van der Waals surface area (Å²) in [5.41, 5.74) is 5.19. The number of carbonyl (C=O) groups is 2. The summed E-state index contributed by atoms with van der Waals surface area (Å²) in [5.74, 6) is -0.328. The number of ether oxygens (including phenoxy) is 2. The number of carbonyl (C=O) groups excluding carboxylic acids is 2. The van der Waals surface area contributed by atoms with Gasteiger partial charge in [-0.2, -0.15) is 0 Å². The first kappa shape index (κ1) is 20.9. The smallest absolute Gasteiger partial charge is 0.269 e. The molecule has 0 bridgehead atoms. The van der Waals surface area contributed by atoms with E-state index in [1.165, 1.54) is 25.3 Å². The van der Waals surface area contributed by atoms with Gasteiger partial charge in [-0.15, -0.1) is 0 Å². The van der Waals surface area contributed by atoms with Crippen LogP contribution in [0.2, 0.25) is 10.0 Å². The van der Waals surface area contributed by atoms with E-state index in [0.29, 0.717) is 28.7 Å². The fourth-order valence-electron chi connectivity index (χ4n) is 2.20. The van der Waals surface area contributed by atoms with Gasteiger partial charge in [0, 0.05) is 16.1 Å². The third-order valence-corrected chi connectivity index (χ3v) is 4.13. The lowest BCUT2D eigenvalue weighted by atomic mass is 10.2. The lowest BCUT2D eigenvalue weighted by molar-refractivity contribution is 0.0846. The second kappa shape index (κ2) is 10.0. The Bertz CT molecular complexity index is 827. The summed E-state index contributed by atoms with van der Waals surface area (Å²) in [7, 11) is 1.46. The molecular weight excluding hydrogens is 391 g/mol. The molecule has 27 heavy (non-hydrogen) atoms. The molecule has 2 aromatic carbocycles. The molecule has 8 heteroatoms. The number of rotatable bonds is 7. The highest BCUT2D eigenvalue weighted by Crippen LogP contribution is 2.36. The summed E-state index contributed by atoms with van der Waals surface area (Å²) in [6.45, 7) is 2.54. The summed E-state index contributed by atoms with van der Waals surface area (Å²) in [6.07, 6.45) is 1.85. The average Bonchev–Trinajstić information content (AvgIpc) is 2.66. The fourth-order valence-corrected chi connectivity index (χ4v) is 2.65. The molecular formula is C19H20Cl2N2O4. The van der Waals surface area contributed by atoms with Crippen molar-refractivity contribution < 1.29 is 19.1 Å². The first-order valence-corrected chi connectivity index (χ1v) is 9.08. The molecule has 2 aromatic rings. The SMILES string of the molecule is CCCCOc1c(Cl)cc(C(=O)NNC(=O)c2cccc(Cl)c2)cc1OC. The van der Waals surface area contributed by atoms with E-state index in [9.17, 15) is 9.59 Å². The van der Waals surface area contributed by atoms with Gasteiger partial charge in [0.1, 0.15) is 0 Å². The maximum absolute atomic E-state index is 12.3. The van der Waals surface area contributed by atoms with E-state index < -0.39 is 11.8 Å². The highest BCUT2D eigenvalue weighted by atomic mass is 35.5. The number of halogens is 2. The average molecular weight is 411 g/mol. The van der Waals surface area contributed by atoms with Gasteiger partial charge >= 0.3 is 0 Å². The molecule has 2 N–H and O–H groups in total. The molecule has 0 saturated carbocycles. The van der Waals surface area contributed by atoms with Crippen LogP contribution < -0.4 is 20.3 Å². The molecule has 0 saturated heterocycles. The third kappa shape index (κ3) is 5.77. The standard InChI is InChI=1S/C19H20Cl2N2O4/c1-3-4-8-27-17-15(21)10-13(11-16(17)26-2)19(25)23-22-18(24)12-6-5-7-14(20)9-12/h5-7,9-11H,3-4,8H2,1-2H3,(H,22,24)(H,23,25). The van der Waals surface area contributed by atoms with Crippen molar-refractivity contribution in [3.8, 4) is 11.5 Å². The minimum Gasteiger partial charge on any atom is -0.493 e. The van der Waals surface area contributed by atoms with Crippen molar-refractivity contribution in [2.24, 2.45) is 0 Å². The van der Waals surface area contributed by atoms with Gasteiger partial charge in [0.15, 0.2) is 11.5 Å². The largest absolute Gasteiger partial charge is 0.493 e. The van der Waals surface area contributed by atoms with Crippen LogP contribution in [-0.2, 0) is 0 Å².